The molecule has 1 aromatic carbocycles. The molecule has 0 unspecified atom stereocenters. The lowest BCUT2D eigenvalue weighted by atomic mass is 9.98. The van der Waals surface area contributed by atoms with Crippen LogP contribution in [-0.2, 0) is 17.9 Å². The van der Waals surface area contributed by atoms with E-state index < -0.39 is 5.82 Å². The van der Waals surface area contributed by atoms with Crippen LogP contribution in [0.5, 0.6) is 0 Å². The van der Waals surface area contributed by atoms with Gasteiger partial charge in [-0.1, -0.05) is 0 Å². The highest BCUT2D eigenvalue weighted by molar-refractivity contribution is 5.83. The fourth-order valence-electron chi connectivity index (χ4n) is 3.26. The zero-order chi connectivity index (χ0) is 18.3. The molecule has 132 valence electrons. The van der Waals surface area contributed by atoms with E-state index in [2.05, 4.69) is 10.1 Å². The monoisotopic (exact) mass is 354 g/mol. The standard InChI is InChI=1S/C19H16F2N4O/c1-12(26)24-8-9-25-17(11-24)18(15-6-7-22-10-16(15)21)19(23-25)13-2-4-14(20)5-3-13/h2-7,10H,8-9,11H2,1H3. The van der Waals surface area contributed by atoms with Gasteiger partial charge in [-0.25, -0.2) is 8.78 Å². The summed E-state index contributed by atoms with van der Waals surface area (Å²) in [4.78, 5) is 17.3. The molecule has 3 heterocycles. The van der Waals surface area contributed by atoms with Crippen molar-refractivity contribution in [3.63, 3.8) is 0 Å². The van der Waals surface area contributed by atoms with Gasteiger partial charge in [0.15, 0.2) is 0 Å². The Morgan fingerprint density at radius 2 is 1.88 bits per heavy atom. The van der Waals surface area contributed by atoms with E-state index >= 15 is 0 Å². The highest BCUT2D eigenvalue weighted by Crippen LogP contribution is 2.37. The molecule has 0 N–H and O–H groups in total. The van der Waals surface area contributed by atoms with Gasteiger partial charge in [-0.15, -0.1) is 0 Å². The molecule has 0 radical (unpaired) electrons. The summed E-state index contributed by atoms with van der Waals surface area (Å²) in [6, 6.07) is 7.53. The van der Waals surface area contributed by atoms with Gasteiger partial charge in [-0.3, -0.25) is 14.5 Å². The van der Waals surface area contributed by atoms with Gasteiger partial charge in [0.25, 0.3) is 0 Å². The Balaban J connectivity index is 1.94. The third-order valence-corrected chi connectivity index (χ3v) is 4.58. The molecule has 0 aliphatic carbocycles. The van der Waals surface area contributed by atoms with E-state index in [1.165, 1.54) is 25.3 Å². The van der Waals surface area contributed by atoms with Crippen molar-refractivity contribution in [3.8, 4) is 22.4 Å². The van der Waals surface area contributed by atoms with Crippen LogP contribution in [0.25, 0.3) is 22.4 Å². The van der Waals surface area contributed by atoms with Crippen LogP contribution in [-0.4, -0.2) is 32.1 Å². The number of carbonyl (C=O) groups is 1. The van der Waals surface area contributed by atoms with E-state index in [0.717, 1.165) is 11.9 Å². The first-order chi connectivity index (χ1) is 12.5. The number of aromatic nitrogens is 3. The van der Waals surface area contributed by atoms with Gasteiger partial charge >= 0.3 is 0 Å². The summed E-state index contributed by atoms with van der Waals surface area (Å²) in [6.45, 7) is 2.93. The topological polar surface area (TPSA) is 51.0 Å². The SMILES string of the molecule is CC(=O)N1CCn2nc(-c3ccc(F)cc3)c(-c3ccncc3F)c2C1. The molecular formula is C19H16F2N4O. The molecular weight excluding hydrogens is 338 g/mol. The third-order valence-electron chi connectivity index (χ3n) is 4.58. The lowest BCUT2D eigenvalue weighted by Gasteiger charge is -2.27. The van der Waals surface area contributed by atoms with Crippen molar-refractivity contribution in [1.29, 1.82) is 0 Å². The molecule has 0 bridgehead atoms. The number of fused-ring (bicyclic) bond motifs is 1. The highest BCUT2D eigenvalue weighted by atomic mass is 19.1. The van der Waals surface area contributed by atoms with E-state index in [9.17, 15) is 13.6 Å². The van der Waals surface area contributed by atoms with Crippen molar-refractivity contribution in [2.45, 2.75) is 20.0 Å². The van der Waals surface area contributed by atoms with E-state index in [-0.39, 0.29) is 11.7 Å². The van der Waals surface area contributed by atoms with Gasteiger partial charge in [0.2, 0.25) is 5.91 Å². The van der Waals surface area contributed by atoms with E-state index in [1.807, 2.05) is 0 Å². The van der Waals surface area contributed by atoms with Crippen LogP contribution in [0.4, 0.5) is 8.78 Å². The Kier molecular flexibility index (Phi) is 3.99. The summed E-state index contributed by atoms with van der Waals surface area (Å²) in [5, 5.41) is 4.63. The molecule has 1 amide bonds. The zero-order valence-corrected chi connectivity index (χ0v) is 14.1. The second-order valence-electron chi connectivity index (χ2n) is 6.20. The minimum absolute atomic E-state index is 0.0399. The van der Waals surface area contributed by atoms with Crippen LogP contribution in [0.3, 0.4) is 0 Å². The molecule has 4 rings (SSSR count). The number of nitrogens with zero attached hydrogens (tertiary/aromatic N) is 4. The Morgan fingerprint density at radius 1 is 1.12 bits per heavy atom. The van der Waals surface area contributed by atoms with Crippen LogP contribution in [0.1, 0.15) is 12.6 Å². The molecule has 0 saturated carbocycles. The van der Waals surface area contributed by atoms with Gasteiger partial charge in [0.1, 0.15) is 17.3 Å². The summed E-state index contributed by atoms with van der Waals surface area (Å²) in [6.07, 6.45) is 2.67. The van der Waals surface area contributed by atoms with Gasteiger partial charge in [-0.05, 0) is 30.3 Å². The summed E-state index contributed by atoms with van der Waals surface area (Å²) >= 11 is 0. The van der Waals surface area contributed by atoms with Crippen LogP contribution in [0, 0.1) is 11.6 Å². The number of hydrogen-bond donors (Lipinski definition) is 0. The Labute approximate surface area is 148 Å². The van der Waals surface area contributed by atoms with Crippen LogP contribution in [0.2, 0.25) is 0 Å². The first-order valence-corrected chi connectivity index (χ1v) is 8.25. The number of benzene rings is 1. The number of carbonyl (C=O) groups excluding carboxylic acids is 1. The van der Waals surface area contributed by atoms with E-state index in [4.69, 9.17) is 0 Å². The van der Waals surface area contributed by atoms with Crippen molar-refractivity contribution in [3.05, 3.63) is 60.1 Å². The van der Waals surface area contributed by atoms with Crippen molar-refractivity contribution >= 4 is 5.91 Å². The number of amides is 1. The predicted octanol–water partition coefficient (Wildman–Crippen LogP) is 3.25. The maximum atomic E-state index is 14.5. The fraction of sp³-hybridized carbons (Fsp3) is 0.211. The summed E-state index contributed by atoms with van der Waals surface area (Å²) < 4.78 is 29.6. The molecule has 3 aromatic rings. The third kappa shape index (κ3) is 2.75. The quantitative estimate of drug-likeness (QED) is 0.710. The summed E-state index contributed by atoms with van der Waals surface area (Å²) in [7, 11) is 0. The minimum atomic E-state index is -0.466. The lowest BCUT2D eigenvalue weighted by molar-refractivity contribution is -0.130. The molecule has 7 heteroatoms. The molecule has 0 atom stereocenters. The predicted molar refractivity (Wildman–Crippen MR) is 91.9 cm³/mol. The normalized spacial score (nSPS) is 13.6. The molecule has 0 spiro atoms. The smallest absolute Gasteiger partial charge is 0.219 e. The van der Waals surface area contributed by atoms with Crippen LogP contribution < -0.4 is 0 Å². The summed E-state index contributed by atoms with van der Waals surface area (Å²) in [5.41, 5.74) is 2.99. The molecule has 0 fully saturated rings. The van der Waals surface area contributed by atoms with Crippen LogP contribution in [0.15, 0.2) is 42.7 Å². The Bertz CT molecular complexity index is 982. The lowest BCUT2D eigenvalue weighted by Crippen LogP contribution is -2.37. The second-order valence-corrected chi connectivity index (χ2v) is 6.20. The highest BCUT2D eigenvalue weighted by Gasteiger charge is 2.28. The summed E-state index contributed by atoms with van der Waals surface area (Å²) in [5.74, 6) is -0.856. The number of pyridine rings is 1. The van der Waals surface area contributed by atoms with Crippen molar-refractivity contribution < 1.29 is 13.6 Å². The van der Waals surface area contributed by atoms with E-state index in [0.29, 0.717) is 42.0 Å². The van der Waals surface area contributed by atoms with Crippen molar-refractivity contribution in [1.82, 2.24) is 19.7 Å². The van der Waals surface area contributed by atoms with Crippen LogP contribution >= 0.6 is 0 Å². The largest absolute Gasteiger partial charge is 0.335 e. The Morgan fingerprint density at radius 3 is 2.58 bits per heavy atom. The van der Waals surface area contributed by atoms with Crippen molar-refractivity contribution in [2.24, 2.45) is 0 Å². The van der Waals surface area contributed by atoms with Gasteiger partial charge in [0.05, 0.1) is 25.0 Å². The molecule has 5 nitrogen and oxygen atoms in total. The Hall–Kier alpha value is -3.09. The average molecular weight is 354 g/mol. The zero-order valence-electron chi connectivity index (χ0n) is 14.1. The van der Waals surface area contributed by atoms with Crippen molar-refractivity contribution in [2.75, 3.05) is 6.54 Å². The number of halogens is 2. The first-order valence-electron chi connectivity index (χ1n) is 8.25. The first kappa shape index (κ1) is 16.4. The molecule has 2 aromatic heterocycles. The second kappa shape index (κ2) is 6.33. The van der Waals surface area contributed by atoms with E-state index in [1.54, 1.807) is 27.8 Å². The van der Waals surface area contributed by atoms with Gasteiger partial charge in [0, 0.05) is 36.4 Å². The van der Waals surface area contributed by atoms with Gasteiger partial charge < -0.3 is 4.90 Å². The maximum Gasteiger partial charge on any atom is 0.219 e. The molecule has 26 heavy (non-hydrogen) atoms. The van der Waals surface area contributed by atoms with Gasteiger partial charge in [-0.2, -0.15) is 5.10 Å². The number of hydrogen-bond acceptors (Lipinski definition) is 3. The molecule has 1 aliphatic heterocycles. The molecule has 0 saturated heterocycles. The fourth-order valence-corrected chi connectivity index (χ4v) is 3.26. The molecule has 1 aliphatic rings. The maximum absolute atomic E-state index is 14.5. The number of rotatable bonds is 2. The average Bonchev–Trinajstić information content (AvgIpc) is 3.01. The minimum Gasteiger partial charge on any atom is -0.335 e.